The van der Waals surface area contributed by atoms with Gasteiger partial charge in [0.2, 0.25) is 5.88 Å². The number of aryl methyl sites for hydroxylation is 1. The van der Waals surface area contributed by atoms with Gasteiger partial charge in [-0.3, -0.25) is 9.48 Å². The van der Waals surface area contributed by atoms with Gasteiger partial charge in [0.05, 0.1) is 12.1 Å². The lowest BCUT2D eigenvalue weighted by atomic mass is 9.70. The summed E-state index contributed by atoms with van der Waals surface area (Å²) in [5, 5.41) is 14.0. The summed E-state index contributed by atoms with van der Waals surface area (Å²) in [4.78, 5) is 12.8. The van der Waals surface area contributed by atoms with Crippen LogP contribution in [0.25, 0.3) is 0 Å². The van der Waals surface area contributed by atoms with Crippen molar-refractivity contribution in [3.63, 3.8) is 0 Å². The van der Waals surface area contributed by atoms with Crippen molar-refractivity contribution in [1.82, 2.24) is 9.78 Å². The summed E-state index contributed by atoms with van der Waals surface area (Å²) in [6.45, 7) is 8.75. The minimum Gasteiger partial charge on any atom is -0.444 e. The Bertz CT molecular complexity index is 821. The number of aromatic nitrogens is 2. The molecule has 1 aromatic rings. The van der Waals surface area contributed by atoms with Crippen LogP contribution in [-0.2, 0) is 16.1 Å². The summed E-state index contributed by atoms with van der Waals surface area (Å²) in [6.07, 6.45) is 2.80. The quantitative estimate of drug-likeness (QED) is 0.901. The monoisotopic (exact) mass is 326 g/mol. The number of hydrogen-bond acceptors (Lipinski definition) is 5. The first-order valence-corrected chi connectivity index (χ1v) is 8.15. The summed E-state index contributed by atoms with van der Waals surface area (Å²) in [5.74, 6) is 0.231. The zero-order valence-electron chi connectivity index (χ0n) is 14.5. The van der Waals surface area contributed by atoms with Crippen molar-refractivity contribution in [3.05, 3.63) is 40.2 Å². The molecule has 0 saturated carbocycles. The van der Waals surface area contributed by atoms with Crippen LogP contribution in [0.5, 0.6) is 0 Å². The minimum absolute atomic E-state index is 0.0233. The van der Waals surface area contributed by atoms with Crippen molar-refractivity contribution >= 4 is 5.78 Å². The van der Waals surface area contributed by atoms with Crippen LogP contribution in [0.4, 0.5) is 0 Å². The first kappa shape index (κ1) is 16.3. The van der Waals surface area contributed by atoms with E-state index in [4.69, 9.17) is 10.5 Å². The van der Waals surface area contributed by atoms with E-state index in [1.165, 1.54) is 0 Å². The van der Waals surface area contributed by atoms with E-state index in [0.29, 0.717) is 29.7 Å². The van der Waals surface area contributed by atoms with Crippen LogP contribution in [0.1, 0.15) is 50.8 Å². The molecule has 0 unspecified atom stereocenters. The summed E-state index contributed by atoms with van der Waals surface area (Å²) < 4.78 is 7.55. The number of nitriles is 1. The molecule has 24 heavy (non-hydrogen) atoms. The van der Waals surface area contributed by atoms with Crippen LogP contribution >= 0.6 is 0 Å². The van der Waals surface area contributed by atoms with Crippen molar-refractivity contribution in [1.29, 1.82) is 5.26 Å². The molecule has 0 bridgehead atoms. The normalized spacial score (nSPS) is 23.0. The third-order valence-electron chi connectivity index (χ3n) is 4.83. The molecule has 6 heteroatoms. The van der Waals surface area contributed by atoms with Crippen LogP contribution in [0.3, 0.4) is 0 Å². The fourth-order valence-corrected chi connectivity index (χ4v) is 3.66. The number of Topliss-reactive ketones (excluding diaryl/α,β-unsaturated/α-hetero) is 1. The predicted molar refractivity (Wildman–Crippen MR) is 88.3 cm³/mol. The maximum atomic E-state index is 12.8. The molecule has 2 aliphatic rings. The van der Waals surface area contributed by atoms with Crippen LogP contribution in [0.15, 0.2) is 29.0 Å². The number of hydrogen-bond donors (Lipinski definition) is 1. The first-order valence-electron chi connectivity index (χ1n) is 8.15. The average Bonchev–Trinajstić information content (AvgIpc) is 2.85. The van der Waals surface area contributed by atoms with Crippen LogP contribution in [-0.4, -0.2) is 15.6 Å². The highest BCUT2D eigenvalue weighted by Crippen LogP contribution is 2.48. The van der Waals surface area contributed by atoms with Gasteiger partial charge < -0.3 is 10.5 Å². The molecule has 0 saturated heterocycles. The number of carbonyl (C=O) groups excluding carboxylic acids is 1. The molecule has 1 aliphatic carbocycles. The highest BCUT2D eigenvalue weighted by molar-refractivity contribution is 6.00. The minimum atomic E-state index is -0.484. The van der Waals surface area contributed by atoms with E-state index in [0.717, 1.165) is 17.8 Å². The molecule has 126 valence electrons. The Morgan fingerprint density at radius 1 is 1.50 bits per heavy atom. The smallest absolute Gasteiger partial charge is 0.205 e. The second-order valence-corrected chi connectivity index (χ2v) is 7.20. The van der Waals surface area contributed by atoms with Crippen molar-refractivity contribution in [3.8, 4) is 6.07 Å². The number of allylic oxidation sites excluding steroid dienone is 3. The average molecular weight is 326 g/mol. The highest BCUT2D eigenvalue weighted by atomic mass is 16.5. The number of rotatable bonds is 2. The Morgan fingerprint density at radius 3 is 2.79 bits per heavy atom. The van der Waals surface area contributed by atoms with E-state index < -0.39 is 5.92 Å². The van der Waals surface area contributed by atoms with Crippen LogP contribution in [0, 0.1) is 23.7 Å². The molecule has 3 rings (SSSR count). The summed E-state index contributed by atoms with van der Waals surface area (Å²) >= 11 is 0. The van der Waals surface area contributed by atoms with Gasteiger partial charge in [-0.15, -0.1) is 0 Å². The van der Waals surface area contributed by atoms with Gasteiger partial charge in [0, 0.05) is 36.2 Å². The van der Waals surface area contributed by atoms with Crippen molar-refractivity contribution in [2.75, 3.05) is 0 Å². The lowest BCUT2D eigenvalue weighted by Gasteiger charge is -2.37. The molecule has 0 aromatic carbocycles. The zero-order chi connectivity index (χ0) is 17.6. The zero-order valence-corrected chi connectivity index (χ0v) is 14.5. The molecule has 2 N–H and O–H groups in total. The number of ketones is 1. The van der Waals surface area contributed by atoms with Gasteiger partial charge >= 0.3 is 0 Å². The molecular weight excluding hydrogens is 304 g/mol. The van der Waals surface area contributed by atoms with Gasteiger partial charge in [-0.1, -0.05) is 13.8 Å². The molecule has 6 nitrogen and oxygen atoms in total. The van der Waals surface area contributed by atoms with Gasteiger partial charge in [0.25, 0.3) is 0 Å². The largest absolute Gasteiger partial charge is 0.444 e. The van der Waals surface area contributed by atoms with Crippen molar-refractivity contribution < 1.29 is 9.53 Å². The lowest BCUT2D eigenvalue weighted by Crippen LogP contribution is -2.33. The fraction of sp³-hybridized carbons (Fsp3) is 0.500. The Hall–Kier alpha value is -2.55. The van der Waals surface area contributed by atoms with E-state index in [1.54, 1.807) is 6.20 Å². The van der Waals surface area contributed by atoms with Gasteiger partial charge in [-0.2, -0.15) is 10.4 Å². The summed E-state index contributed by atoms with van der Waals surface area (Å²) in [7, 11) is 0. The Kier molecular flexibility index (Phi) is 3.75. The van der Waals surface area contributed by atoms with E-state index >= 15 is 0 Å². The third-order valence-corrected chi connectivity index (χ3v) is 4.83. The van der Waals surface area contributed by atoms with Gasteiger partial charge in [-0.05, 0) is 19.3 Å². The molecule has 1 aromatic heterocycles. The Balaban J connectivity index is 2.20. The predicted octanol–water partition coefficient (Wildman–Crippen LogP) is 2.66. The Morgan fingerprint density at radius 2 is 2.21 bits per heavy atom. The fourth-order valence-electron chi connectivity index (χ4n) is 3.66. The molecule has 0 radical (unpaired) electrons. The number of nitrogens with two attached hydrogens (primary N) is 1. The van der Waals surface area contributed by atoms with Gasteiger partial charge in [0.15, 0.2) is 5.78 Å². The molecule has 2 heterocycles. The summed E-state index contributed by atoms with van der Waals surface area (Å²) in [6, 6.07) is 2.14. The SMILES string of the molecule is CCn1ncc([C@H]2C(C#N)=C(N)OC3=C2C(=O)CC(C)(C)C3)c1C. The standard InChI is InChI=1S/C18H22N4O2/c1-5-22-10(2)12(9-21-22)15-11(8-19)17(20)24-14-7-18(3,4)6-13(23)16(14)15/h9,15H,5-7,20H2,1-4H3/t15-/m1/s1. The van der Waals surface area contributed by atoms with Crippen molar-refractivity contribution in [2.45, 2.75) is 53.0 Å². The maximum Gasteiger partial charge on any atom is 0.205 e. The molecule has 0 amide bonds. The van der Waals surface area contributed by atoms with E-state index in [9.17, 15) is 10.1 Å². The van der Waals surface area contributed by atoms with Gasteiger partial charge in [-0.25, -0.2) is 0 Å². The lowest BCUT2D eigenvalue weighted by molar-refractivity contribution is -0.119. The number of carbonyl (C=O) groups is 1. The van der Waals surface area contributed by atoms with Gasteiger partial charge in [0.1, 0.15) is 17.4 Å². The molecule has 0 fully saturated rings. The van der Waals surface area contributed by atoms with E-state index in [2.05, 4.69) is 11.2 Å². The number of ether oxygens (including phenoxy) is 1. The first-order chi connectivity index (χ1) is 11.3. The van der Waals surface area contributed by atoms with Crippen LogP contribution in [0.2, 0.25) is 0 Å². The van der Waals surface area contributed by atoms with Crippen LogP contribution < -0.4 is 5.73 Å². The van der Waals surface area contributed by atoms with Crippen molar-refractivity contribution in [2.24, 2.45) is 11.1 Å². The summed E-state index contributed by atoms with van der Waals surface area (Å²) in [5.41, 5.74) is 8.48. The molecule has 0 spiro atoms. The topological polar surface area (TPSA) is 93.9 Å². The van der Waals surface area contributed by atoms with E-state index in [-0.39, 0.29) is 17.1 Å². The second-order valence-electron chi connectivity index (χ2n) is 7.20. The number of nitrogens with zero attached hydrogens (tertiary/aromatic N) is 3. The third kappa shape index (κ3) is 2.41. The molecule has 1 atom stereocenters. The highest BCUT2D eigenvalue weighted by Gasteiger charge is 2.43. The Labute approximate surface area is 141 Å². The van der Waals surface area contributed by atoms with E-state index in [1.807, 2.05) is 32.4 Å². The molecular formula is C18H22N4O2. The molecule has 1 aliphatic heterocycles. The maximum absolute atomic E-state index is 12.8. The second kappa shape index (κ2) is 5.52.